The smallest absolute Gasteiger partial charge is 0.242 e. The second kappa shape index (κ2) is 12.8. The Kier molecular flexibility index (Phi) is 10.0. The molecule has 1 fully saturated rings. The number of carbonyl (C=O) groups is 2. The Hall–Kier alpha value is -2.29. The van der Waals surface area contributed by atoms with E-state index in [2.05, 4.69) is 5.32 Å². The van der Waals surface area contributed by atoms with Crippen molar-refractivity contribution in [3.63, 3.8) is 0 Å². The number of sulfonamides is 1. The van der Waals surface area contributed by atoms with Crippen molar-refractivity contribution < 1.29 is 18.0 Å². The first-order valence-electron chi connectivity index (χ1n) is 12.1. The van der Waals surface area contributed by atoms with Crippen LogP contribution in [0.4, 0.5) is 5.69 Å². The van der Waals surface area contributed by atoms with Gasteiger partial charge in [-0.15, -0.1) is 0 Å². The van der Waals surface area contributed by atoms with Gasteiger partial charge in [-0.3, -0.25) is 13.9 Å². The van der Waals surface area contributed by atoms with E-state index >= 15 is 0 Å². The van der Waals surface area contributed by atoms with Crippen LogP contribution < -0.4 is 9.62 Å². The first-order chi connectivity index (χ1) is 17.1. The quantitative estimate of drug-likeness (QED) is 0.423. The maximum atomic E-state index is 13.4. The Labute approximate surface area is 223 Å². The summed E-state index contributed by atoms with van der Waals surface area (Å²) in [5.74, 6) is -0.442. The molecule has 0 spiro atoms. The fourth-order valence-electron chi connectivity index (χ4n) is 4.42. The fourth-order valence-corrected chi connectivity index (χ4v) is 5.76. The molecule has 0 radical (unpaired) electrons. The second-order valence-corrected chi connectivity index (χ2v) is 11.9. The third-order valence-corrected chi connectivity index (χ3v) is 8.21. The summed E-state index contributed by atoms with van der Waals surface area (Å²) in [6.07, 6.45) is 5.53. The number of halogens is 2. The highest BCUT2D eigenvalue weighted by molar-refractivity contribution is 7.92. The van der Waals surface area contributed by atoms with E-state index in [1.807, 2.05) is 18.2 Å². The van der Waals surface area contributed by atoms with Gasteiger partial charge in [-0.25, -0.2) is 8.42 Å². The molecule has 1 aliphatic rings. The van der Waals surface area contributed by atoms with Gasteiger partial charge in [-0.1, -0.05) is 60.3 Å². The molecule has 0 saturated heterocycles. The monoisotopic (exact) mass is 553 g/mol. The molecule has 1 saturated carbocycles. The number of hydrogen-bond donors (Lipinski definition) is 1. The van der Waals surface area contributed by atoms with Gasteiger partial charge < -0.3 is 10.2 Å². The topological polar surface area (TPSA) is 86.8 Å². The minimum Gasteiger partial charge on any atom is -0.352 e. The summed E-state index contributed by atoms with van der Waals surface area (Å²) < 4.78 is 26.1. The Balaban J connectivity index is 1.72. The Morgan fingerprint density at radius 3 is 2.42 bits per heavy atom. The lowest BCUT2D eigenvalue weighted by Crippen LogP contribution is -2.49. The summed E-state index contributed by atoms with van der Waals surface area (Å²) in [5, 5.41) is 4.01. The predicted molar refractivity (Wildman–Crippen MR) is 145 cm³/mol. The van der Waals surface area contributed by atoms with Gasteiger partial charge in [0.15, 0.2) is 0 Å². The maximum Gasteiger partial charge on any atom is 0.242 e. The summed E-state index contributed by atoms with van der Waals surface area (Å²) in [7, 11) is -3.58. The van der Waals surface area contributed by atoms with Crippen molar-refractivity contribution in [3.05, 3.63) is 64.1 Å². The van der Waals surface area contributed by atoms with E-state index in [-0.39, 0.29) is 43.8 Å². The summed E-state index contributed by atoms with van der Waals surface area (Å²) in [6.45, 7) is 2.00. The van der Waals surface area contributed by atoms with Crippen LogP contribution in [-0.4, -0.2) is 50.0 Å². The minimum atomic E-state index is -3.58. The average Bonchev–Trinajstić information content (AvgIpc) is 3.33. The third-order valence-electron chi connectivity index (χ3n) is 6.42. The average molecular weight is 555 g/mol. The molecule has 7 nitrogen and oxygen atoms in total. The second-order valence-electron chi connectivity index (χ2n) is 9.20. The molecule has 0 aromatic heterocycles. The number of rotatable bonds is 11. The molecule has 0 unspecified atom stereocenters. The highest BCUT2D eigenvalue weighted by atomic mass is 35.5. The van der Waals surface area contributed by atoms with Crippen LogP contribution in [0.25, 0.3) is 0 Å². The van der Waals surface area contributed by atoms with Crippen molar-refractivity contribution in [2.75, 3.05) is 17.1 Å². The molecule has 196 valence electrons. The van der Waals surface area contributed by atoms with Gasteiger partial charge in [0.25, 0.3) is 0 Å². The highest BCUT2D eigenvalue weighted by Crippen LogP contribution is 2.24. The molecule has 2 amide bonds. The normalized spacial score (nSPS) is 14.9. The molecular weight excluding hydrogens is 521 g/mol. The van der Waals surface area contributed by atoms with E-state index in [4.69, 9.17) is 23.2 Å². The van der Waals surface area contributed by atoms with Crippen molar-refractivity contribution in [1.82, 2.24) is 10.2 Å². The van der Waals surface area contributed by atoms with E-state index < -0.39 is 16.1 Å². The summed E-state index contributed by atoms with van der Waals surface area (Å²) in [4.78, 5) is 27.9. The van der Waals surface area contributed by atoms with E-state index in [1.165, 1.54) is 9.21 Å². The van der Waals surface area contributed by atoms with Gasteiger partial charge in [0.1, 0.15) is 6.04 Å². The first kappa shape index (κ1) is 28.3. The van der Waals surface area contributed by atoms with Gasteiger partial charge in [-0.2, -0.15) is 0 Å². The van der Waals surface area contributed by atoms with Gasteiger partial charge in [0, 0.05) is 35.6 Å². The number of benzene rings is 2. The number of nitrogens with zero attached hydrogens (tertiary/aromatic N) is 2. The Morgan fingerprint density at radius 2 is 1.78 bits per heavy atom. The number of anilines is 1. The zero-order valence-corrected chi connectivity index (χ0v) is 23.0. The van der Waals surface area contributed by atoms with Crippen LogP contribution in [0.5, 0.6) is 0 Å². The lowest BCUT2D eigenvalue weighted by atomic mass is 10.1. The first-order valence-corrected chi connectivity index (χ1v) is 14.7. The highest BCUT2D eigenvalue weighted by Gasteiger charge is 2.29. The van der Waals surface area contributed by atoms with Crippen LogP contribution in [0.2, 0.25) is 10.0 Å². The van der Waals surface area contributed by atoms with E-state index in [0.717, 1.165) is 37.5 Å². The molecule has 10 heteroatoms. The maximum absolute atomic E-state index is 13.4. The molecule has 2 aromatic rings. The zero-order valence-electron chi connectivity index (χ0n) is 20.6. The predicted octanol–water partition coefficient (Wildman–Crippen LogP) is 5.02. The molecule has 3 rings (SSSR count). The largest absolute Gasteiger partial charge is 0.352 e. The molecule has 2 aromatic carbocycles. The van der Waals surface area contributed by atoms with Crippen molar-refractivity contribution in [2.45, 2.75) is 64.1 Å². The van der Waals surface area contributed by atoms with Crippen molar-refractivity contribution in [2.24, 2.45) is 0 Å². The van der Waals surface area contributed by atoms with Crippen LogP contribution in [0.1, 0.15) is 51.0 Å². The fraction of sp³-hybridized carbons (Fsp3) is 0.462. The van der Waals surface area contributed by atoms with Gasteiger partial charge in [0.2, 0.25) is 21.8 Å². The van der Waals surface area contributed by atoms with E-state index in [9.17, 15) is 18.0 Å². The minimum absolute atomic E-state index is 0.0675. The summed E-state index contributed by atoms with van der Waals surface area (Å²) in [5.41, 5.74) is 1.18. The van der Waals surface area contributed by atoms with E-state index in [0.29, 0.717) is 15.7 Å². The zero-order chi connectivity index (χ0) is 26.3. The van der Waals surface area contributed by atoms with Gasteiger partial charge in [0.05, 0.1) is 11.9 Å². The van der Waals surface area contributed by atoms with Crippen LogP contribution in [-0.2, 0) is 26.2 Å². The number of hydrogen-bond acceptors (Lipinski definition) is 4. The molecule has 0 heterocycles. The van der Waals surface area contributed by atoms with Gasteiger partial charge >= 0.3 is 0 Å². The number of carbonyl (C=O) groups excluding carboxylic acids is 2. The Morgan fingerprint density at radius 1 is 1.08 bits per heavy atom. The van der Waals surface area contributed by atoms with Crippen LogP contribution >= 0.6 is 23.2 Å². The van der Waals surface area contributed by atoms with Crippen LogP contribution in [0, 0.1) is 0 Å². The molecule has 0 bridgehead atoms. The van der Waals surface area contributed by atoms with Crippen molar-refractivity contribution in [1.29, 1.82) is 0 Å². The lowest BCUT2D eigenvalue weighted by Gasteiger charge is -2.30. The molecule has 1 atom stereocenters. The molecule has 1 aliphatic carbocycles. The van der Waals surface area contributed by atoms with Gasteiger partial charge in [-0.05, 0) is 56.0 Å². The molecule has 1 N–H and O–H groups in total. The summed E-state index contributed by atoms with van der Waals surface area (Å²) in [6, 6.07) is 13.2. The van der Waals surface area contributed by atoms with Crippen molar-refractivity contribution >= 4 is 50.7 Å². The SMILES string of the molecule is C[C@H](C(=O)NC1CCCC1)N(Cc1ccccc1Cl)C(=O)CCCN(c1cccc(Cl)c1)S(C)(=O)=O. The van der Waals surface area contributed by atoms with Crippen LogP contribution in [0.15, 0.2) is 48.5 Å². The molecular formula is C26H33Cl2N3O4S. The molecule has 36 heavy (non-hydrogen) atoms. The standard InChI is InChI=1S/C26H33Cl2N3O4S/c1-19(26(33)29-22-11-4-5-12-22)30(18-20-9-3-6-14-24(20)28)25(32)15-8-16-31(36(2,34)35)23-13-7-10-21(27)17-23/h3,6-7,9-10,13-14,17,19,22H,4-5,8,11-12,15-16,18H2,1-2H3,(H,29,33)/t19-/m1/s1. The van der Waals surface area contributed by atoms with Crippen molar-refractivity contribution in [3.8, 4) is 0 Å². The number of nitrogens with one attached hydrogen (secondary N) is 1. The Bertz CT molecular complexity index is 1170. The molecule has 0 aliphatic heterocycles. The van der Waals surface area contributed by atoms with E-state index in [1.54, 1.807) is 37.3 Å². The summed E-state index contributed by atoms with van der Waals surface area (Å²) >= 11 is 12.4. The third kappa shape index (κ3) is 7.85. The number of amides is 2. The van der Waals surface area contributed by atoms with Crippen LogP contribution in [0.3, 0.4) is 0 Å². The lowest BCUT2D eigenvalue weighted by molar-refractivity contribution is -0.140.